The van der Waals surface area contributed by atoms with Crippen molar-refractivity contribution in [2.45, 2.75) is 45.5 Å². The maximum Gasteiger partial charge on any atom is 0.319 e. The number of carbonyl (C=O) groups excluding carboxylic acids is 2. The Morgan fingerprint density at radius 2 is 2.03 bits per heavy atom. The van der Waals surface area contributed by atoms with E-state index in [9.17, 15) is 19.5 Å². The van der Waals surface area contributed by atoms with Crippen LogP contribution in [0.3, 0.4) is 0 Å². The molecule has 2 aromatic carbocycles. The van der Waals surface area contributed by atoms with Crippen LogP contribution in [0.2, 0.25) is 5.02 Å². The maximum atomic E-state index is 13.4. The molecule has 3 amide bonds. The van der Waals surface area contributed by atoms with Crippen molar-refractivity contribution in [1.29, 1.82) is 0 Å². The molecule has 10 heteroatoms. The van der Waals surface area contributed by atoms with Gasteiger partial charge in [0.2, 0.25) is 5.91 Å². The Morgan fingerprint density at radius 3 is 2.76 bits per heavy atom. The minimum absolute atomic E-state index is 0.0817. The molecule has 0 saturated carbocycles. The summed E-state index contributed by atoms with van der Waals surface area (Å²) in [6.45, 7) is 3.62. The molecule has 3 aromatic rings. The Kier molecular flexibility index (Phi) is 6.35. The lowest BCUT2D eigenvalue weighted by Gasteiger charge is -2.28. The molecule has 1 fully saturated rings. The molecule has 33 heavy (non-hydrogen) atoms. The number of carbonyl (C=O) groups is 2. The van der Waals surface area contributed by atoms with Gasteiger partial charge in [0.25, 0.3) is 5.56 Å². The van der Waals surface area contributed by atoms with Crippen molar-refractivity contribution in [2.75, 3.05) is 5.32 Å². The third kappa shape index (κ3) is 4.69. The molecule has 0 bridgehead atoms. The summed E-state index contributed by atoms with van der Waals surface area (Å²) < 4.78 is 1.36. The van der Waals surface area contributed by atoms with E-state index in [1.54, 1.807) is 43.3 Å². The molecule has 1 aliphatic rings. The van der Waals surface area contributed by atoms with Crippen LogP contribution in [0.1, 0.15) is 35.8 Å². The molecule has 172 valence electrons. The van der Waals surface area contributed by atoms with Gasteiger partial charge in [-0.2, -0.15) is 0 Å². The Bertz CT molecular complexity index is 1310. The van der Waals surface area contributed by atoms with Crippen LogP contribution in [0.4, 0.5) is 10.5 Å². The number of hydrogen-bond acceptors (Lipinski definition) is 5. The molecule has 4 rings (SSSR count). The second-order valence-corrected chi connectivity index (χ2v) is 8.44. The minimum atomic E-state index is -0.917. The van der Waals surface area contributed by atoms with Gasteiger partial charge in [-0.1, -0.05) is 29.8 Å². The number of aromatic nitrogens is 2. The Labute approximate surface area is 194 Å². The summed E-state index contributed by atoms with van der Waals surface area (Å²) in [5.41, 5.74) is 2.14. The van der Waals surface area contributed by atoms with Gasteiger partial charge in [-0.15, -0.1) is 0 Å². The number of piperidine rings is 1. The second-order valence-electron chi connectivity index (χ2n) is 8.03. The SMILES string of the molecule is Cc1ccc(NC(=O)NCc2cccc3nc(C)n(C4CCC(O)NC4=O)c(=O)c23)cc1Cl. The number of rotatable bonds is 4. The molecule has 1 aliphatic heterocycles. The highest BCUT2D eigenvalue weighted by Gasteiger charge is 2.30. The highest BCUT2D eigenvalue weighted by Crippen LogP contribution is 2.23. The number of aryl methyl sites for hydroxylation is 2. The van der Waals surface area contributed by atoms with Gasteiger partial charge in [0.15, 0.2) is 0 Å². The number of amides is 3. The van der Waals surface area contributed by atoms with Crippen LogP contribution in [-0.4, -0.2) is 32.8 Å². The molecule has 2 unspecified atom stereocenters. The molecule has 0 spiro atoms. The smallest absolute Gasteiger partial charge is 0.319 e. The van der Waals surface area contributed by atoms with E-state index in [1.807, 2.05) is 6.92 Å². The topological polar surface area (TPSA) is 125 Å². The van der Waals surface area contributed by atoms with Crippen LogP contribution in [0.25, 0.3) is 10.9 Å². The summed E-state index contributed by atoms with van der Waals surface area (Å²) in [4.78, 5) is 42.8. The number of nitrogens with zero attached hydrogens (tertiary/aromatic N) is 2. The Hall–Kier alpha value is -3.43. The lowest BCUT2D eigenvalue weighted by atomic mass is 10.0. The standard InChI is InChI=1S/C23H24ClN5O4/c1-12-6-7-15(10-16(12)24)27-23(33)25-11-14-4-3-5-17-20(14)22(32)29(13(2)26-17)18-8-9-19(30)28-21(18)31/h3-7,10,18-19,30H,8-9,11H2,1-2H3,(H,28,31)(H2,25,27,33). The van der Waals surface area contributed by atoms with Gasteiger partial charge in [0.05, 0.1) is 10.9 Å². The average Bonchev–Trinajstić information content (AvgIpc) is 2.76. The summed E-state index contributed by atoms with van der Waals surface area (Å²) in [6, 6.07) is 9.22. The number of urea groups is 1. The fourth-order valence-electron chi connectivity index (χ4n) is 3.98. The average molecular weight is 470 g/mol. The zero-order valence-electron chi connectivity index (χ0n) is 18.2. The van der Waals surface area contributed by atoms with E-state index in [0.29, 0.717) is 45.8 Å². The molecule has 0 radical (unpaired) electrons. The Balaban J connectivity index is 1.60. The van der Waals surface area contributed by atoms with E-state index >= 15 is 0 Å². The van der Waals surface area contributed by atoms with Crippen molar-refractivity contribution in [3.63, 3.8) is 0 Å². The number of nitrogens with one attached hydrogen (secondary N) is 3. The summed E-state index contributed by atoms with van der Waals surface area (Å²) in [5, 5.41) is 18.5. The molecular weight excluding hydrogens is 446 g/mol. The van der Waals surface area contributed by atoms with E-state index in [0.717, 1.165) is 5.56 Å². The fraction of sp³-hybridized carbons (Fsp3) is 0.304. The minimum Gasteiger partial charge on any atom is -0.374 e. The van der Waals surface area contributed by atoms with Gasteiger partial charge >= 0.3 is 6.03 Å². The van der Waals surface area contributed by atoms with Crippen molar-refractivity contribution in [3.8, 4) is 0 Å². The van der Waals surface area contributed by atoms with Crippen LogP contribution in [0, 0.1) is 13.8 Å². The second kappa shape index (κ2) is 9.21. The normalized spacial score (nSPS) is 18.1. The number of aliphatic hydroxyl groups excluding tert-OH is 1. The summed E-state index contributed by atoms with van der Waals surface area (Å²) in [7, 11) is 0. The first-order chi connectivity index (χ1) is 15.7. The molecule has 1 aromatic heterocycles. The van der Waals surface area contributed by atoms with E-state index < -0.39 is 24.2 Å². The van der Waals surface area contributed by atoms with Crippen LogP contribution in [0.5, 0.6) is 0 Å². The predicted molar refractivity (Wildman–Crippen MR) is 125 cm³/mol. The van der Waals surface area contributed by atoms with Crippen LogP contribution < -0.4 is 21.5 Å². The number of halogens is 1. The van der Waals surface area contributed by atoms with Gasteiger partial charge in [0, 0.05) is 17.3 Å². The van der Waals surface area contributed by atoms with Crippen LogP contribution in [0.15, 0.2) is 41.2 Å². The van der Waals surface area contributed by atoms with Crippen LogP contribution in [-0.2, 0) is 11.3 Å². The third-order valence-electron chi connectivity index (χ3n) is 5.70. The van der Waals surface area contributed by atoms with Gasteiger partial charge in [-0.25, -0.2) is 9.78 Å². The summed E-state index contributed by atoms with van der Waals surface area (Å²) >= 11 is 6.10. The first-order valence-corrected chi connectivity index (χ1v) is 10.9. The molecular formula is C23H24ClN5O4. The van der Waals surface area contributed by atoms with Crippen molar-refractivity contribution >= 4 is 40.1 Å². The number of anilines is 1. The molecule has 4 N–H and O–H groups in total. The summed E-state index contributed by atoms with van der Waals surface area (Å²) in [6.07, 6.45) is -0.255. The first-order valence-electron chi connectivity index (χ1n) is 10.5. The van der Waals surface area contributed by atoms with Crippen molar-refractivity contribution in [2.24, 2.45) is 0 Å². The van der Waals surface area contributed by atoms with E-state index in [-0.39, 0.29) is 12.1 Å². The third-order valence-corrected chi connectivity index (χ3v) is 6.11. The van der Waals surface area contributed by atoms with Gasteiger partial charge in [0.1, 0.15) is 18.1 Å². The number of benzene rings is 2. The van der Waals surface area contributed by atoms with Gasteiger partial charge in [-0.05, 0) is 56.0 Å². The Morgan fingerprint density at radius 1 is 1.24 bits per heavy atom. The van der Waals surface area contributed by atoms with Crippen molar-refractivity contribution < 1.29 is 14.7 Å². The van der Waals surface area contributed by atoms with Crippen molar-refractivity contribution in [1.82, 2.24) is 20.2 Å². The molecule has 1 saturated heterocycles. The van der Waals surface area contributed by atoms with E-state index in [2.05, 4.69) is 20.9 Å². The zero-order valence-corrected chi connectivity index (χ0v) is 18.9. The maximum absolute atomic E-state index is 13.4. The highest BCUT2D eigenvalue weighted by molar-refractivity contribution is 6.31. The largest absolute Gasteiger partial charge is 0.374 e. The number of hydrogen-bond donors (Lipinski definition) is 4. The number of fused-ring (bicyclic) bond motifs is 1. The lowest BCUT2D eigenvalue weighted by Crippen LogP contribution is -2.47. The lowest BCUT2D eigenvalue weighted by molar-refractivity contribution is -0.130. The summed E-state index contributed by atoms with van der Waals surface area (Å²) in [5.74, 6) is -0.0185. The highest BCUT2D eigenvalue weighted by atomic mass is 35.5. The fourth-order valence-corrected chi connectivity index (χ4v) is 4.16. The van der Waals surface area contributed by atoms with Gasteiger partial charge < -0.3 is 21.1 Å². The molecule has 2 atom stereocenters. The zero-order chi connectivity index (χ0) is 23.7. The predicted octanol–water partition coefficient (Wildman–Crippen LogP) is 2.76. The van der Waals surface area contributed by atoms with Crippen molar-refractivity contribution in [3.05, 3.63) is 68.7 Å². The van der Waals surface area contributed by atoms with E-state index in [4.69, 9.17) is 11.6 Å². The molecule has 0 aliphatic carbocycles. The monoisotopic (exact) mass is 469 g/mol. The van der Waals surface area contributed by atoms with Crippen LogP contribution >= 0.6 is 11.6 Å². The van der Waals surface area contributed by atoms with E-state index in [1.165, 1.54) is 4.57 Å². The molecule has 9 nitrogen and oxygen atoms in total. The quantitative estimate of drug-likeness (QED) is 0.467. The molecule has 2 heterocycles. The van der Waals surface area contributed by atoms with Gasteiger partial charge in [-0.3, -0.25) is 14.2 Å². The first kappa shape index (κ1) is 22.8. The number of aliphatic hydroxyl groups is 1.